The quantitative estimate of drug-likeness (QED) is 0.760. The Bertz CT molecular complexity index is 246. The predicted molar refractivity (Wildman–Crippen MR) is 73.0 cm³/mol. The first kappa shape index (κ1) is 12.0. The summed E-state index contributed by atoms with van der Waals surface area (Å²) in [6, 6.07) is 0.907. The second-order valence-corrected chi connectivity index (χ2v) is 6.80. The minimum Gasteiger partial charge on any atom is -0.314 e. The molecule has 3 fully saturated rings. The molecular weight excluding hydrogens is 206 g/mol. The van der Waals surface area contributed by atoms with Gasteiger partial charge in [0.25, 0.3) is 0 Å². The third kappa shape index (κ3) is 2.70. The Balaban J connectivity index is 1.51. The first-order valence-corrected chi connectivity index (χ1v) is 8.12. The molecule has 0 spiro atoms. The molecule has 4 atom stereocenters. The van der Waals surface area contributed by atoms with Gasteiger partial charge in [-0.05, 0) is 62.3 Å². The smallest absolute Gasteiger partial charge is 0.00683 e. The van der Waals surface area contributed by atoms with Crippen molar-refractivity contribution >= 4 is 0 Å². The van der Waals surface area contributed by atoms with Gasteiger partial charge in [0.2, 0.25) is 0 Å². The van der Waals surface area contributed by atoms with Crippen molar-refractivity contribution < 1.29 is 0 Å². The maximum atomic E-state index is 3.76. The monoisotopic (exact) mass is 235 g/mol. The van der Waals surface area contributed by atoms with E-state index < -0.39 is 0 Å². The number of rotatable bonds is 5. The van der Waals surface area contributed by atoms with Crippen LogP contribution in [0, 0.1) is 23.7 Å². The molecule has 0 aromatic carbocycles. The first-order valence-electron chi connectivity index (χ1n) is 8.12. The lowest BCUT2D eigenvalue weighted by Gasteiger charge is -2.47. The van der Waals surface area contributed by atoms with Gasteiger partial charge in [0.05, 0.1) is 0 Å². The molecule has 3 aliphatic carbocycles. The molecule has 1 nitrogen and oxygen atoms in total. The van der Waals surface area contributed by atoms with Crippen LogP contribution in [0.3, 0.4) is 0 Å². The van der Waals surface area contributed by atoms with Crippen LogP contribution >= 0.6 is 0 Å². The summed E-state index contributed by atoms with van der Waals surface area (Å²) in [5.41, 5.74) is 0. The second kappa shape index (κ2) is 5.30. The van der Waals surface area contributed by atoms with E-state index in [1.165, 1.54) is 57.9 Å². The van der Waals surface area contributed by atoms with Crippen molar-refractivity contribution in [2.45, 2.75) is 70.8 Å². The summed E-state index contributed by atoms with van der Waals surface area (Å²) < 4.78 is 0. The van der Waals surface area contributed by atoms with E-state index in [4.69, 9.17) is 0 Å². The van der Waals surface area contributed by atoms with E-state index in [9.17, 15) is 0 Å². The van der Waals surface area contributed by atoms with Crippen LogP contribution in [0.15, 0.2) is 0 Å². The van der Waals surface area contributed by atoms with E-state index in [1.54, 1.807) is 6.42 Å². The van der Waals surface area contributed by atoms with Crippen LogP contribution in [-0.4, -0.2) is 12.6 Å². The van der Waals surface area contributed by atoms with Crippen LogP contribution in [0.25, 0.3) is 0 Å². The molecule has 4 unspecified atom stereocenters. The lowest BCUT2D eigenvalue weighted by atomic mass is 9.59. The predicted octanol–water partition coefficient (Wildman–Crippen LogP) is 3.98. The molecule has 3 rings (SSSR count). The van der Waals surface area contributed by atoms with Gasteiger partial charge in [0, 0.05) is 6.04 Å². The van der Waals surface area contributed by atoms with Crippen molar-refractivity contribution in [3.05, 3.63) is 0 Å². The van der Waals surface area contributed by atoms with Crippen LogP contribution in [0.4, 0.5) is 0 Å². The highest BCUT2D eigenvalue weighted by atomic mass is 14.9. The van der Waals surface area contributed by atoms with Crippen molar-refractivity contribution in [3.8, 4) is 0 Å². The molecule has 3 aliphatic rings. The second-order valence-electron chi connectivity index (χ2n) is 6.80. The molecule has 1 heteroatoms. The summed E-state index contributed by atoms with van der Waals surface area (Å²) in [5, 5.41) is 3.76. The molecule has 0 aromatic rings. The zero-order valence-electron chi connectivity index (χ0n) is 11.5. The van der Waals surface area contributed by atoms with E-state index in [0.29, 0.717) is 0 Å². The molecule has 0 amide bonds. The highest BCUT2D eigenvalue weighted by Crippen LogP contribution is 2.48. The fourth-order valence-corrected chi connectivity index (χ4v) is 4.32. The van der Waals surface area contributed by atoms with E-state index >= 15 is 0 Å². The molecule has 98 valence electrons. The Labute approximate surface area is 107 Å². The molecular formula is C16H29N. The van der Waals surface area contributed by atoms with Crippen LogP contribution in [0.1, 0.15) is 64.7 Å². The summed E-state index contributed by atoms with van der Waals surface area (Å²) in [4.78, 5) is 0. The van der Waals surface area contributed by atoms with Crippen molar-refractivity contribution in [3.63, 3.8) is 0 Å². The Kier molecular flexibility index (Phi) is 3.75. The topological polar surface area (TPSA) is 12.0 Å². The van der Waals surface area contributed by atoms with Gasteiger partial charge in [-0.2, -0.15) is 0 Å². The van der Waals surface area contributed by atoms with Gasteiger partial charge in [0.15, 0.2) is 0 Å². The van der Waals surface area contributed by atoms with E-state index in [-0.39, 0.29) is 0 Å². The molecule has 0 heterocycles. The third-order valence-corrected chi connectivity index (χ3v) is 5.76. The highest BCUT2D eigenvalue weighted by Gasteiger charge is 2.40. The van der Waals surface area contributed by atoms with Gasteiger partial charge in [-0.3, -0.25) is 0 Å². The molecule has 0 bridgehead atoms. The Hall–Kier alpha value is -0.0400. The molecule has 0 radical (unpaired) electrons. The maximum Gasteiger partial charge on any atom is 0.00683 e. The van der Waals surface area contributed by atoms with Crippen LogP contribution in [-0.2, 0) is 0 Å². The maximum absolute atomic E-state index is 3.76. The summed E-state index contributed by atoms with van der Waals surface area (Å²) in [6.45, 7) is 3.75. The van der Waals surface area contributed by atoms with Gasteiger partial charge in [-0.1, -0.05) is 32.6 Å². The molecule has 1 N–H and O–H groups in total. The van der Waals surface area contributed by atoms with Crippen molar-refractivity contribution in [2.24, 2.45) is 23.7 Å². The Morgan fingerprint density at radius 3 is 2.24 bits per heavy atom. The lowest BCUT2D eigenvalue weighted by Crippen LogP contribution is -2.42. The minimum atomic E-state index is 0.907. The zero-order valence-corrected chi connectivity index (χ0v) is 11.5. The third-order valence-electron chi connectivity index (χ3n) is 5.76. The zero-order chi connectivity index (χ0) is 11.7. The fraction of sp³-hybridized carbons (Fsp3) is 1.00. The van der Waals surface area contributed by atoms with Crippen LogP contribution < -0.4 is 5.32 Å². The molecule has 3 saturated carbocycles. The van der Waals surface area contributed by atoms with Crippen LogP contribution in [0.5, 0.6) is 0 Å². The number of hydrogen-bond donors (Lipinski definition) is 1. The molecule has 17 heavy (non-hydrogen) atoms. The fourth-order valence-electron chi connectivity index (χ4n) is 4.32. The van der Waals surface area contributed by atoms with E-state index in [0.717, 1.165) is 29.7 Å². The van der Waals surface area contributed by atoms with Crippen molar-refractivity contribution in [1.29, 1.82) is 0 Å². The van der Waals surface area contributed by atoms with Gasteiger partial charge < -0.3 is 5.32 Å². The molecule has 0 aromatic heterocycles. The van der Waals surface area contributed by atoms with Gasteiger partial charge in [-0.25, -0.2) is 0 Å². The largest absolute Gasteiger partial charge is 0.314 e. The normalized spacial score (nSPS) is 42.2. The van der Waals surface area contributed by atoms with Crippen molar-refractivity contribution in [1.82, 2.24) is 5.32 Å². The first-order chi connectivity index (χ1) is 8.38. The summed E-state index contributed by atoms with van der Waals surface area (Å²) in [7, 11) is 0. The van der Waals surface area contributed by atoms with Gasteiger partial charge in [0.1, 0.15) is 0 Å². The highest BCUT2D eigenvalue weighted by molar-refractivity contribution is 4.92. The van der Waals surface area contributed by atoms with Crippen molar-refractivity contribution in [2.75, 3.05) is 6.54 Å². The summed E-state index contributed by atoms with van der Waals surface area (Å²) in [5.74, 6) is 4.28. The molecule has 0 aliphatic heterocycles. The minimum absolute atomic E-state index is 0.907. The summed E-state index contributed by atoms with van der Waals surface area (Å²) in [6.07, 6.45) is 13.5. The lowest BCUT2D eigenvalue weighted by molar-refractivity contribution is 0.0392. The standard InChI is InChI=1S/C16H29N/c1-2-12-5-3-4-6-15(12)16-10-7-13(16)11-17-14-8-9-14/h12-17H,2-11H2,1H3. The number of nitrogens with one attached hydrogen (secondary N) is 1. The Morgan fingerprint density at radius 1 is 0.824 bits per heavy atom. The Morgan fingerprint density at radius 2 is 1.59 bits per heavy atom. The van der Waals surface area contributed by atoms with Gasteiger partial charge in [-0.15, -0.1) is 0 Å². The number of hydrogen-bond acceptors (Lipinski definition) is 1. The van der Waals surface area contributed by atoms with Gasteiger partial charge >= 0.3 is 0 Å². The SMILES string of the molecule is CCC1CCCCC1C1CCC1CNC1CC1. The summed E-state index contributed by atoms with van der Waals surface area (Å²) >= 11 is 0. The van der Waals surface area contributed by atoms with E-state index in [2.05, 4.69) is 12.2 Å². The average molecular weight is 235 g/mol. The molecule has 0 saturated heterocycles. The average Bonchev–Trinajstić information content (AvgIpc) is 3.13. The van der Waals surface area contributed by atoms with Crippen LogP contribution in [0.2, 0.25) is 0 Å². The van der Waals surface area contributed by atoms with E-state index in [1.807, 2.05) is 0 Å².